The Morgan fingerprint density at radius 3 is 2.58 bits per heavy atom. The topological polar surface area (TPSA) is 90.9 Å². The summed E-state index contributed by atoms with van der Waals surface area (Å²) < 4.78 is 5.22. The quantitative estimate of drug-likeness (QED) is 0.499. The first-order valence-corrected chi connectivity index (χ1v) is 13.8. The van der Waals surface area contributed by atoms with Gasteiger partial charge in [-0.15, -0.1) is 0 Å². The zero-order chi connectivity index (χ0) is 26.3. The molecule has 9 nitrogen and oxygen atoms in total. The minimum absolute atomic E-state index is 0.0280. The number of rotatable bonds is 9. The zero-order valence-corrected chi connectivity index (χ0v) is 22.1. The molecular formula is C29H36N6O3. The number of nitrogens with one attached hydrogen (secondary N) is 1. The van der Waals surface area contributed by atoms with Crippen LogP contribution in [-0.4, -0.2) is 64.5 Å². The maximum atomic E-state index is 12.1. The maximum absolute atomic E-state index is 12.1. The molecule has 0 bridgehead atoms. The molecule has 1 N–H and O–H groups in total. The SMILES string of the molecule is C=CC(=O)N1CCN(C(CC2CC2)c2ccc(C3(Nc4ncc5c(n4)N(CC)C(=O)OC5)CC3)cc2)CC1. The largest absolute Gasteiger partial charge is 0.444 e. The Morgan fingerprint density at radius 1 is 1.21 bits per heavy atom. The lowest BCUT2D eigenvalue weighted by molar-refractivity contribution is -0.128. The average Bonchev–Trinajstić information content (AvgIpc) is 3.89. The second kappa shape index (κ2) is 10.0. The number of carbonyl (C=O) groups excluding carboxylic acids is 2. The molecule has 3 fully saturated rings. The van der Waals surface area contributed by atoms with E-state index in [0.29, 0.717) is 24.4 Å². The van der Waals surface area contributed by atoms with Crippen LogP contribution in [0.2, 0.25) is 0 Å². The predicted octanol–water partition coefficient (Wildman–Crippen LogP) is 4.23. The number of nitrogens with zero attached hydrogens (tertiary/aromatic N) is 5. The highest BCUT2D eigenvalue weighted by molar-refractivity contribution is 5.89. The van der Waals surface area contributed by atoms with Crippen molar-refractivity contribution in [1.82, 2.24) is 19.8 Å². The van der Waals surface area contributed by atoms with Crippen molar-refractivity contribution >= 4 is 23.8 Å². The highest BCUT2D eigenvalue weighted by Gasteiger charge is 2.45. The van der Waals surface area contributed by atoms with E-state index in [4.69, 9.17) is 9.72 Å². The van der Waals surface area contributed by atoms with Gasteiger partial charge in [0.25, 0.3) is 0 Å². The molecule has 9 heteroatoms. The molecule has 0 radical (unpaired) electrons. The Morgan fingerprint density at radius 2 is 1.95 bits per heavy atom. The van der Waals surface area contributed by atoms with Gasteiger partial charge < -0.3 is 15.0 Å². The molecular weight excluding hydrogens is 480 g/mol. The third-order valence-corrected chi connectivity index (χ3v) is 8.43. The van der Waals surface area contributed by atoms with Crippen molar-refractivity contribution in [3.63, 3.8) is 0 Å². The number of aromatic nitrogens is 2. The van der Waals surface area contributed by atoms with Crippen LogP contribution in [-0.2, 0) is 21.7 Å². The number of carbonyl (C=O) groups is 2. The number of fused-ring (bicyclic) bond motifs is 1. The monoisotopic (exact) mass is 516 g/mol. The minimum atomic E-state index is -0.365. The zero-order valence-electron chi connectivity index (χ0n) is 22.1. The lowest BCUT2D eigenvalue weighted by Gasteiger charge is -2.39. The van der Waals surface area contributed by atoms with Crippen molar-refractivity contribution in [3.05, 3.63) is 59.8 Å². The lowest BCUT2D eigenvalue weighted by Crippen LogP contribution is -2.49. The molecule has 1 unspecified atom stereocenters. The van der Waals surface area contributed by atoms with E-state index in [0.717, 1.165) is 50.5 Å². The molecule has 0 spiro atoms. The second-order valence-corrected chi connectivity index (χ2v) is 10.9. The Hall–Kier alpha value is -3.46. The van der Waals surface area contributed by atoms with Gasteiger partial charge in [-0.05, 0) is 49.3 Å². The first-order chi connectivity index (χ1) is 18.5. The van der Waals surface area contributed by atoms with Crippen molar-refractivity contribution in [1.29, 1.82) is 0 Å². The third kappa shape index (κ3) is 4.87. The van der Waals surface area contributed by atoms with Gasteiger partial charge in [-0.3, -0.25) is 14.6 Å². The molecule has 3 heterocycles. The molecule has 38 heavy (non-hydrogen) atoms. The molecule has 1 aromatic carbocycles. The summed E-state index contributed by atoms with van der Waals surface area (Å²) in [5.41, 5.74) is 3.23. The van der Waals surface area contributed by atoms with E-state index in [9.17, 15) is 9.59 Å². The van der Waals surface area contributed by atoms with Crippen LogP contribution in [0.5, 0.6) is 0 Å². The molecule has 1 atom stereocenters. The van der Waals surface area contributed by atoms with Crippen LogP contribution < -0.4 is 10.2 Å². The summed E-state index contributed by atoms with van der Waals surface area (Å²) >= 11 is 0. The molecule has 2 saturated carbocycles. The number of amides is 2. The van der Waals surface area contributed by atoms with Crippen molar-refractivity contribution in [2.75, 3.05) is 42.9 Å². The van der Waals surface area contributed by atoms with Crippen LogP contribution in [0, 0.1) is 5.92 Å². The fourth-order valence-corrected chi connectivity index (χ4v) is 5.77. The van der Waals surface area contributed by atoms with E-state index in [1.165, 1.54) is 36.5 Å². The summed E-state index contributed by atoms with van der Waals surface area (Å²) in [6.45, 7) is 9.54. The molecule has 1 aromatic heterocycles. The van der Waals surface area contributed by atoms with Crippen molar-refractivity contribution in [3.8, 4) is 0 Å². The van der Waals surface area contributed by atoms with Crippen LogP contribution in [0.25, 0.3) is 0 Å². The fraction of sp³-hybridized carbons (Fsp3) is 0.517. The first kappa shape index (κ1) is 24.9. The Kier molecular flexibility index (Phi) is 6.55. The highest BCUT2D eigenvalue weighted by atomic mass is 16.6. The minimum Gasteiger partial charge on any atom is -0.444 e. The van der Waals surface area contributed by atoms with Gasteiger partial charge in [0.15, 0.2) is 0 Å². The number of anilines is 2. The van der Waals surface area contributed by atoms with Crippen molar-refractivity contribution in [2.45, 2.75) is 57.2 Å². The van der Waals surface area contributed by atoms with Gasteiger partial charge in [0.05, 0.1) is 11.1 Å². The number of cyclic esters (lactones) is 1. The molecule has 2 amide bonds. The number of ether oxygens (including phenoxy) is 1. The van der Waals surface area contributed by atoms with Gasteiger partial charge in [0.2, 0.25) is 11.9 Å². The summed E-state index contributed by atoms with van der Waals surface area (Å²) in [6.07, 6.45) is 8.65. The molecule has 1 saturated heterocycles. The second-order valence-electron chi connectivity index (χ2n) is 10.9. The molecule has 6 rings (SSSR count). The first-order valence-electron chi connectivity index (χ1n) is 13.8. The van der Waals surface area contributed by atoms with Crippen LogP contribution in [0.1, 0.15) is 61.8 Å². The Labute approximate surface area is 223 Å². The van der Waals surface area contributed by atoms with E-state index < -0.39 is 0 Å². The summed E-state index contributed by atoms with van der Waals surface area (Å²) in [5, 5.41) is 3.57. The standard InChI is InChI=1S/C29H36N6O3/c1-3-25(36)34-15-13-33(14-16-34)24(17-20-5-6-20)21-7-9-23(10-8-21)29(11-12-29)32-27-30-18-22-19-38-28(37)35(4-2)26(22)31-27/h3,7-10,18,20,24H,1,4-6,11-17,19H2,2H3,(H,30,31,32). The summed E-state index contributed by atoms with van der Waals surface area (Å²) in [4.78, 5) is 39.4. The summed E-state index contributed by atoms with van der Waals surface area (Å²) in [5.74, 6) is 2.01. The molecule has 2 aliphatic carbocycles. The van der Waals surface area contributed by atoms with Crippen LogP contribution in [0.3, 0.4) is 0 Å². The number of benzene rings is 1. The van der Waals surface area contributed by atoms with E-state index in [1.807, 2.05) is 11.8 Å². The fourth-order valence-electron chi connectivity index (χ4n) is 5.77. The van der Waals surface area contributed by atoms with Gasteiger partial charge in [-0.1, -0.05) is 43.7 Å². The van der Waals surface area contributed by atoms with Crippen LogP contribution >= 0.6 is 0 Å². The van der Waals surface area contributed by atoms with E-state index in [2.05, 4.69) is 46.0 Å². The summed E-state index contributed by atoms with van der Waals surface area (Å²) in [6, 6.07) is 9.45. The van der Waals surface area contributed by atoms with E-state index in [1.54, 1.807) is 11.1 Å². The normalized spacial score (nSPS) is 21.3. The van der Waals surface area contributed by atoms with Crippen molar-refractivity contribution in [2.24, 2.45) is 5.92 Å². The molecule has 4 aliphatic rings. The van der Waals surface area contributed by atoms with Crippen LogP contribution in [0.4, 0.5) is 16.6 Å². The van der Waals surface area contributed by atoms with Crippen LogP contribution in [0.15, 0.2) is 43.1 Å². The number of piperazine rings is 1. The van der Waals surface area contributed by atoms with Gasteiger partial charge in [-0.25, -0.2) is 9.78 Å². The molecule has 2 aromatic rings. The van der Waals surface area contributed by atoms with Crippen molar-refractivity contribution < 1.29 is 14.3 Å². The molecule has 200 valence electrons. The van der Waals surface area contributed by atoms with Gasteiger partial charge in [0.1, 0.15) is 12.4 Å². The van der Waals surface area contributed by atoms with Gasteiger partial charge in [-0.2, -0.15) is 4.98 Å². The lowest BCUT2D eigenvalue weighted by atomic mass is 9.95. The summed E-state index contributed by atoms with van der Waals surface area (Å²) in [7, 11) is 0. The predicted molar refractivity (Wildman–Crippen MR) is 145 cm³/mol. The Bertz CT molecular complexity index is 1220. The van der Waals surface area contributed by atoms with Gasteiger partial charge >= 0.3 is 6.09 Å². The van der Waals surface area contributed by atoms with Gasteiger partial charge in [0, 0.05) is 45.0 Å². The maximum Gasteiger partial charge on any atom is 0.415 e. The van der Waals surface area contributed by atoms with E-state index >= 15 is 0 Å². The average molecular weight is 517 g/mol. The Balaban J connectivity index is 1.17. The third-order valence-electron chi connectivity index (χ3n) is 8.43. The number of hydrogen-bond acceptors (Lipinski definition) is 7. The number of hydrogen-bond donors (Lipinski definition) is 1. The highest BCUT2D eigenvalue weighted by Crippen LogP contribution is 2.48. The molecule has 2 aliphatic heterocycles. The smallest absolute Gasteiger partial charge is 0.415 e. The van der Waals surface area contributed by atoms with E-state index in [-0.39, 0.29) is 24.1 Å².